The maximum Gasteiger partial charge on any atom is 0.135 e. The van der Waals surface area contributed by atoms with Gasteiger partial charge in [0.2, 0.25) is 0 Å². The average molecular weight is 766 g/mol. The molecule has 60 heavy (non-hydrogen) atoms. The first kappa shape index (κ1) is 35.2. The van der Waals surface area contributed by atoms with E-state index >= 15 is 0 Å². The summed E-state index contributed by atoms with van der Waals surface area (Å²) in [5.41, 5.74) is 16.9. The normalized spacial score (nSPS) is 11.3. The van der Waals surface area contributed by atoms with Gasteiger partial charge >= 0.3 is 0 Å². The number of rotatable bonds is 8. The van der Waals surface area contributed by atoms with Crippen LogP contribution in [0.15, 0.2) is 241 Å². The van der Waals surface area contributed by atoms with Crippen molar-refractivity contribution in [3.63, 3.8) is 0 Å². The van der Waals surface area contributed by atoms with Gasteiger partial charge in [0, 0.05) is 27.7 Å². The molecule has 11 rings (SSSR count). The minimum Gasteiger partial charge on any atom is -0.456 e. The lowest BCUT2D eigenvalue weighted by molar-refractivity contribution is 0.669. The van der Waals surface area contributed by atoms with Gasteiger partial charge in [-0.1, -0.05) is 182 Å². The standard InChI is InChI=1S/C58H39NO/c1-2-12-40(13-3-1)42-22-24-43(25-23-42)44-28-33-49(34-29-44)59(56-20-10-8-18-53(56)48-32-37-58-55(39-48)54-19-9-11-21-57(54)60-58)50-35-30-45(31-36-50)51-16-6-7-17-52(51)47-27-26-41-14-4-5-15-46(41)38-47/h1-39H. The third-order valence-electron chi connectivity index (χ3n) is 11.7. The van der Waals surface area contributed by atoms with E-state index in [0.29, 0.717) is 0 Å². The topological polar surface area (TPSA) is 16.4 Å². The number of anilines is 3. The molecule has 282 valence electrons. The van der Waals surface area contributed by atoms with Crippen LogP contribution in [0.25, 0.3) is 88.3 Å². The Kier molecular flexibility index (Phi) is 8.87. The van der Waals surface area contributed by atoms with Gasteiger partial charge in [0.1, 0.15) is 11.2 Å². The Labute approximate surface area is 349 Å². The van der Waals surface area contributed by atoms with E-state index < -0.39 is 0 Å². The smallest absolute Gasteiger partial charge is 0.135 e. The number of hydrogen-bond donors (Lipinski definition) is 0. The van der Waals surface area contributed by atoms with E-state index in [0.717, 1.165) is 50.1 Å². The highest BCUT2D eigenvalue weighted by Crippen LogP contribution is 2.44. The van der Waals surface area contributed by atoms with Crippen molar-refractivity contribution in [2.75, 3.05) is 4.90 Å². The lowest BCUT2D eigenvalue weighted by atomic mass is 9.93. The van der Waals surface area contributed by atoms with Crippen molar-refractivity contribution in [1.82, 2.24) is 0 Å². The van der Waals surface area contributed by atoms with Crippen LogP contribution < -0.4 is 4.90 Å². The molecule has 1 aromatic heterocycles. The molecule has 0 N–H and O–H groups in total. The Morgan fingerprint density at radius 1 is 0.267 bits per heavy atom. The van der Waals surface area contributed by atoms with Crippen molar-refractivity contribution in [2.45, 2.75) is 0 Å². The highest BCUT2D eigenvalue weighted by atomic mass is 16.3. The molecule has 0 aliphatic heterocycles. The van der Waals surface area contributed by atoms with Crippen LogP contribution >= 0.6 is 0 Å². The molecule has 0 fully saturated rings. The largest absolute Gasteiger partial charge is 0.456 e. The molecule has 0 radical (unpaired) electrons. The van der Waals surface area contributed by atoms with Crippen LogP contribution in [0.1, 0.15) is 0 Å². The maximum absolute atomic E-state index is 6.23. The number of fused-ring (bicyclic) bond motifs is 4. The highest BCUT2D eigenvalue weighted by molar-refractivity contribution is 6.07. The van der Waals surface area contributed by atoms with Crippen molar-refractivity contribution >= 4 is 49.8 Å². The van der Waals surface area contributed by atoms with Gasteiger partial charge in [-0.25, -0.2) is 0 Å². The van der Waals surface area contributed by atoms with Gasteiger partial charge in [-0.3, -0.25) is 0 Å². The minimum atomic E-state index is 0.890. The van der Waals surface area contributed by atoms with Crippen molar-refractivity contribution in [2.24, 2.45) is 0 Å². The molecule has 0 saturated heterocycles. The zero-order chi connectivity index (χ0) is 39.8. The zero-order valence-electron chi connectivity index (χ0n) is 32.9. The first-order valence-corrected chi connectivity index (χ1v) is 20.5. The Morgan fingerprint density at radius 3 is 1.45 bits per heavy atom. The van der Waals surface area contributed by atoms with Crippen molar-refractivity contribution in [3.05, 3.63) is 237 Å². The SMILES string of the molecule is c1ccc(-c2ccc(-c3ccc(N(c4ccc(-c5ccccc5-c5ccc6ccccc6c5)cc4)c4ccccc4-c4ccc5oc6ccccc6c5c4)cc3)cc2)cc1. The highest BCUT2D eigenvalue weighted by Gasteiger charge is 2.19. The second-order valence-electron chi connectivity index (χ2n) is 15.3. The minimum absolute atomic E-state index is 0.890. The summed E-state index contributed by atoms with van der Waals surface area (Å²) in [7, 11) is 0. The van der Waals surface area contributed by atoms with E-state index in [1.54, 1.807) is 0 Å². The third-order valence-corrected chi connectivity index (χ3v) is 11.7. The molecular formula is C58H39NO. The summed E-state index contributed by atoms with van der Waals surface area (Å²) < 4.78 is 6.23. The maximum atomic E-state index is 6.23. The molecule has 0 unspecified atom stereocenters. The molecule has 0 bridgehead atoms. The Bertz CT molecular complexity index is 3290. The first-order chi connectivity index (χ1) is 29.7. The summed E-state index contributed by atoms with van der Waals surface area (Å²) in [5.74, 6) is 0. The summed E-state index contributed by atoms with van der Waals surface area (Å²) in [6.07, 6.45) is 0. The Balaban J connectivity index is 1.00. The molecule has 0 saturated carbocycles. The number of nitrogens with zero attached hydrogens (tertiary/aromatic N) is 1. The molecule has 10 aromatic carbocycles. The van der Waals surface area contributed by atoms with Crippen LogP contribution in [0, 0.1) is 0 Å². The van der Waals surface area contributed by atoms with Crippen LogP contribution in [0.4, 0.5) is 17.1 Å². The van der Waals surface area contributed by atoms with E-state index in [1.807, 2.05) is 12.1 Å². The summed E-state index contributed by atoms with van der Waals surface area (Å²) in [5, 5.41) is 4.72. The van der Waals surface area contributed by atoms with E-state index in [9.17, 15) is 0 Å². The van der Waals surface area contributed by atoms with Gasteiger partial charge in [0.25, 0.3) is 0 Å². The van der Waals surface area contributed by atoms with E-state index in [2.05, 4.69) is 229 Å². The quantitative estimate of drug-likeness (QED) is 0.153. The number of para-hydroxylation sites is 2. The van der Waals surface area contributed by atoms with E-state index in [4.69, 9.17) is 4.42 Å². The predicted molar refractivity (Wildman–Crippen MR) is 253 cm³/mol. The van der Waals surface area contributed by atoms with E-state index in [1.165, 1.54) is 55.3 Å². The fraction of sp³-hybridized carbons (Fsp3) is 0. The predicted octanol–water partition coefficient (Wildman–Crippen LogP) is 16.5. The summed E-state index contributed by atoms with van der Waals surface area (Å²) in [4.78, 5) is 2.38. The monoisotopic (exact) mass is 765 g/mol. The van der Waals surface area contributed by atoms with Crippen LogP contribution in [0.5, 0.6) is 0 Å². The first-order valence-electron chi connectivity index (χ1n) is 20.5. The van der Waals surface area contributed by atoms with Crippen LogP contribution in [-0.2, 0) is 0 Å². The Hall–Kier alpha value is -7.94. The second-order valence-corrected chi connectivity index (χ2v) is 15.3. The molecule has 11 aromatic rings. The lowest BCUT2D eigenvalue weighted by Gasteiger charge is -2.28. The summed E-state index contributed by atoms with van der Waals surface area (Å²) >= 11 is 0. The van der Waals surface area contributed by atoms with Crippen molar-refractivity contribution < 1.29 is 4.42 Å². The molecule has 0 spiro atoms. The molecular weight excluding hydrogens is 727 g/mol. The molecule has 0 aliphatic rings. The number of furan rings is 1. The molecule has 2 nitrogen and oxygen atoms in total. The molecule has 0 aliphatic carbocycles. The number of hydrogen-bond acceptors (Lipinski definition) is 2. The average Bonchev–Trinajstić information content (AvgIpc) is 3.71. The summed E-state index contributed by atoms with van der Waals surface area (Å²) in [6, 6.07) is 85.0. The number of benzene rings is 10. The van der Waals surface area contributed by atoms with Crippen LogP contribution in [0.3, 0.4) is 0 Å². The molecule has 1 heterocycles. The van der Waals surface area contributed by atoms with Crippen LogP contribution in [-0.4, -0.2) is 0 Å². The molecule has 2 heteroatoms. The Morgan fingerprint density at radius 2 is 0.733 bits per heavy atom. The fourth-order valence-electron chi connectivity index (χ4n) is 8.66. The lowest BCUT2D eigenvalue weighted by Crippen LogP contribution is -2.11. The van der Waals surface area contributed by atoms with E-state index in [-0.39, 0.29) is 0 Å². The van der Waals surface area contributed by atoms with Crippen LogP contribution in [0.2, 0.25) is 0 Å². The van der Waals surface area contributed by atoms with Crippen molar-refractivity contribution in [3.8, 4) is 55.6 Å². The van der Waals surface area contributed by atoms with Crippen molar-refractivity contribution in [1.29, 1.82) is 0 Å². The van der Waals surface area contributed by atoms with Gasteiger partial charge < -0.3 is 9.32 Å². The van der Waals surface area contributed by atoms with Gasteiger partial charge in [0.15, 0.2) is 0 Å². The molecule has 0 atom stereocenters. The van der Waals surface area contributed by atoms with Gasteiger partial charge in [-0.15, -0.1) is 0 Å². The van der Waals surface area contributed by atoms with Gasteiger partial charge in [-0.2, -0.15) is 0 Å². The second kappa shape index (κ2) is 15.1. The third kappa shape index (κ3) is 6.51. The van der Waals surface area contributed by atoms with Gasteiger partial charge in [0.05, 0.1) is 5.69 Å². The molecule has 0 amide bonds. The van der Waals surface area contributed by atoms with Gasteiger partial charge in [-0.05, 0) is 115 Å². The summed E-state index contributed by atoms with van der Waals surface area (Å²) in [6.45, 7) is 0. The fourth-order valence-corrected chi connectivity index (χ4v) is 8.66. The zero-order valence-corrected chi connectivity index (χ0v) is 32.9.